The maximum atomic E-state index is 14.4. The van der Waals surface area contributed by atoms with Gasteiger partial charge in [0.2, 0.25) is 41.4 Å². The molecular weight excluding hydrogens is 967 g/mol. The van der Waals surface area contributed by atoms with Gasteiger partial charge in [-0.05, 0) is 135 Å². The van der Waals surface area contributed by atoms with Crippen molar-refractivity contribution in [1.82, 2.24) is 37.2 Å². The monoisotopic (exact) mass is 1060 g/mol. The van der Waals surface area contributed by atoms with Crippen molar-refractivity contribution in [3.8, 4) is 0 Å². The fraction of sp³-hybridized carbons (Fsp3) is 0.750. The molecule has 0 radical (unpaired) electrons. The van der Waals surface area contributed by atoms with Gasteiger partial charge in [-0.15, -0.1) is 0 Å². The fourth-order valence-electron chi connectivity index (χ4n) is 7.17. The Morgan fingerprint density at radius 2 is 0.595 bits per heavy atom. The lowest BCUT2D eigenvalue weighted by atomic mass is 10.0. The van der Waals surface area contributed by atoms with Crippen LogP contribution >= 0.6 is 0 Å². The van der Waals surface area contributed by atoms with E-state index < -0.39 is 96.2 Å². The van der Waals surface area contributed by atoms with Crippen LogP contribution in [0, 0.1) is 0 Å². The molecule has 7 amide bonds. The third-order valence-electron chi connectivity index (χ3n) is 11.2. The summed E-state index contributed by atoms with van der Waals surface area (Å²) in [6.45, 7) is 0.752. The third kappa shape index (κ3) is 32.4. The van der Waals surface area contributed by atoms with E-state index in [0.717, 1.165) is 0 Å². The van der Waals surface area contributed by atoms with Crippen LogP contribution < -0.4 is 100 Å². The van der Waals surface area contributed by atoms with Crippen molar-refractivity contribution >= 4 is 65.2 Å². The van der Waals surface area contributed by atoms with Gasteiger partial charge in [-0.25, -0.2) is 0 Å². The molecule has 74 heavy (non-hydrogen) atoms. The molecule has 0 saturated heterocycles. The van der Waals surface area contributed by atoms with Crippen molar-refractivity contribution in [2.24, 2.45) is 78.0 Å². The summed E-state index contributed by atoms with van der Waals surface area (Å²) in [5, 5.41) is 27.5. The summed E-state index contributed by atoms with van der Waals surface area (Å²) in [6.07, 6.45) is 4.74. The number of guanidine groups is 3. The van der Waals surface area contributed by atoms with Gasteiger partial charge in [0, 0.05) is 19.6 Å². The highest BCUT2D eigenvalue weighted by molar-refractivity contribution is 5.97. The van der Waals surface area contributed by atoms with Crippen LogP contribution in [0.4, 0.5) is 0 Å². The number of nitrogens with zero attached hydrogens (tertiary/aromatic N) is 3. The number of amides is 7. The number of nitrogens with one attached hydrogen (secondary N) is 7. The van der Waals surface area contributed by atoms with Crippen LogP contribution in [0.5, 0.6) is 0 Å². The first kappa shape index (κ1) is 67.4. The molecule has 0 spiro atoms. The molecule has 0 saturated carbocycles. The van der Waals surface area contributed by atoms with Crippen molar-refractivity contribution in [2.45, 2.75) is 158 Å². The highest BCUT2D eigenvalue weighted by atomic mass is 16.4. The number of hydrogen-bond acceptors (Lipinski definition) is 16. The van der Waals surface area contributed by atoms with Gasteiger partial charge in [-0.2, -0.15) is 0 Å². The minimum absolute atomic E-state index is 0.0236. The number of hydrogen-bond donors (Lipinski definition) is 19. The molecule has 0 bridgehead atoms. The maximum Gasteiger partial charge on any atom is 0.322 e. The number of carbonyl (C=O) groups excluding carboxylic acids is 7. The summed E-state index contributed by atoms with van der Waals surface area (Å²) in [5.74, 6) is -7.21. The first-order chi connectivity index (χ1) is 35.2. The van der Waals surface area contributed by atoms with Crippen LogP contribution in [0.25, 0.3) is 0 Å². The molecule has 7 atom stereocenters. The second-order valence-electron chi connectivity index (χ2n) is 17.6. The molecular formula is C44H89N21O9. The van der Waals surface area contributed by atoms with Crippen molar-refractivity contribution in [2.75, 3.05) is 52.4 Å². The normalized spacial score (nSPS) is 13.7. The van der Waals surface area contributed by atoms with E-state index in [9.17, 15) is 38.4 Å². The Morgan fingerprint density at radius 1 is 0.351 bits per heavy atom. The van der Waals surface area contributed by atoms with Gasteiger partial charge in [0.05, 0.1) is 6.04 Å². The van der Waals surface area contributed by atoms with E-state index in [1.807, 2.05) is 0 Å². The number of carbonyl (C=O) groups is 8. The van der Waals surface area contributed by atoms with E-state index in [2.05, 4.69) is 52.2 Å². The smallest absolute Gasteiger partial charge is 0.322 e. The Bertz CT molecular complexity index is 1790. The number of unbranched alkanes of at least 4 members (excludes halogenated alkanes) is 4. The average molecular weight is 1060 g/mol. The summed E-state index contributed by atoms with van der Waals surface area (Å²) >= 11 is 0. The molecule has 0 aromatic heterocycles. The highest BCUT2D eigenvalue weighted by Gasteiger charge is 2.34. The van der Waals surface area contributed by atoms with Gasteiger partial charge >= 0.3 is 5.97 Å². The van der Waals surface area contributed by atoms with Crippen molar-refractivity contribution < 1.29 is 43.5 Å². The second kappa shape index (κ2) is 40.8. The van der Waals surface area contributed by atoms with Crippen molar-refractivity contribution in [3.05, 3.63) is 0 Å². The van der Waals surface area contributed by atoms with Crippen molar-refractivity contribution in [3.63, 3.8) is 0 Å². The third-order valence-corrected chi connectivity index (χ3v) is 11.2. The molecule has 30 nitrogen and oxygen atoms in total. The maximum absolute atomic E-state index is 14.4. The zero-order valence-electron chi connectivity index (χ0n) is 42.8. The predicted octanol–water partition coefficient (Wildman–Crippen LogP) is -6.90. The summed E-state index contributed by atoms with van der Waals surface area (Å²) in [6, 6.07) is -8.59. The van der Waals surface area contributed by atoms with E-state index >= 15 is 0 Å². The predicted molar refractivity (Wildman–Crippen MR) is 282 cm³/mol. The van der Waals surface area contributed by atoms with E-state index in [4.69, 9.17) is 68.2 Å². The van der Waals surface area contributed by atoms with Crippen LogP contribution in [0.2, 0.25) is 0 Å². The second-order valence-corrected chi connectivity index (χ2v) is 17.6. The molecule has 30 N–H and O–H groups in total. The zero-order chi connectivity index (χ0) is 55.8. The number of nitrogens with two attached hydrogens (primary N) is 11. The van der Waals surface area contributed by atoms with Gasteiger partial charge in [-0.3, -0.25) is 53.3 Å². The minimum Gasteiger partial charge on any atom is -0.480 e. The summed E-state index contributed by atoms with van der Waals surface area (Å²) in [7, 11) is 0. The molecule has 0 unspecified atom stereocenters. The van der Waals surface area contributed by atoms with Crippen LogP contribution in [-0.2, 0) is 38.4 Å². The Morgan fingerprint density at radius 3 is 0.851 bits per heavy atom. The molecule has 0 aliphatic carbocycles. The number of carboxylic acid groups (broad SMARTS) is 1. The molecule has 0 rings (SSSR count). The minimum atomic E-state index is -1.35. The largest absolute Gasteiger partial charge is 0.480 e. The summed E-state index contributed by atoms with van der Waals surface area (Å²) in [4.78, 5) is 120. The Kier molecular flexibility index (Phi) is 37.1. The lowest BCUT2D eigenvalue weighted by molar-refractivity contribution is -0.138. The Balaban J connectivity index is 6.96. The zero-order valence-corrected chi connectivity index (χ0v) is 42.8. The summed E-state index contributed by atoms with van der Waals surface area (Å²) in [5.41, 5.74) is 61.9. The fourth-order valence-corrected chi connectivity index (χ4v) is 7.17. The van der Waals surface area contributed by atoms with E-state index in [1.165, 1.54) is 0 Å². The van der Waals surface area contributed by atoms with Gasteiger partial charge < -0.3 is 105 Å². The number of aliphatic imine (C=N–C) groups is 3. The van der Waals surface area contributed by atoms with E-state index in [1.54, 1.807) is 0 Å². The average Bonchev–Trinajstić information content (AvgIpc) is 3.34. The summed E-state index contributed by atoms with van der Waals surface area (Å²) < 4.78 is 0. The molecule has 0 aromatic carbocycles. The first-order valence-corrected chi connectivity index (χ1v) is 25.2. The molecule has 0 aromatic rings. The molecule has 0 heterocycles. The lowest BCUT2D eigenvalue weighted by Crippen LogP contribution is -2.60. The lowest BCUT2D eigenvalue weighted by Gasteiger charge is -2.28. The van der Waals surface area contributed by atoms with Gasteiger partial charge in [-0.1, -0.05) is 6.42 Å². The standard InChI is InChI=1S/C44H89N21O9/c45-19-5-1-12-27(49)35(68)60-31(16-9-23-56-42(50)51)39(72)62-29(14-3-7-21-47)37(70)65-33(18-11-25-58-44(54)55)41(74)63-30(15-4-8-22-48)38(71)64-32(17-10-24-57-43(52)53)40(73)61-28(13-2-6-20-46)36(69)59-26-34(66)67/h27-33H,1-26,45-49H2,(H,59,69)(H,60,68)(H,61,73)(H,62,72)(H,63,74)(H,64,71)(H,65,70)(H,66,67)(H4,50,51,56)(H4,52,53,57)(H4,54,55,58)/t27-,28-,29-,30-,31-,32-,33-/m0/s1. The van der Waals surface area contributed by atoms with E-state index in [0.29, 0.717) is 70.9 Å². The quantitative estimate of drug-likeness (QED) is 0.0153. The van der Waals surface area contributed by atoms with Crippen LogP contribution in [0.3, 0.4) is 0 Å². The number of carboxylic acids is 1. The number of aliphatic carboxylic acids is 1. The molecule has 0 aliphatic heterocycles. The highest BCUT2D eigenvalue weighted by Crippen LogP contribution is 2.11. The van der Waals surface area contributed by atoms with Gasteiger partial charge in [0.15, 0.2) is 17.9 Å². The van der Waals surface area contributed by atoms with Crippen LogP contribution in [0.1, 0.15) is 116 Å². The Labute approximate surface area is 433 Å². The van der Waals surface area contributed by atoms with E-state index in [-0.39, 0.29) is 108 Å². The number of rotatable bonds is 43. The Hall–Kier alpha value is -6.63. The molecule has 0 aliphatic rings. The van der Waals surface area contributed by atoms with Crippen LogP contribution in [-0.4, -0.2) is 165 Å². The van der Waals surface area contributed by atoms with Gasteiger partial charge in [0.1, 0.15) is 42.8 Å². The first-order valence-electron chi connectivity index (χ1n) is 25.2. The van der Waals surface area contributed by atoms with Gasteiger partial charge in [0.25, 0.3) is 0 Å². The topological polar surface area (TPSA) is 564 Å². The molecule has 424 valence electrons. The SMILES string of the molecule is NCCCC[C@H](NC(=O)[C@H](CCCN=C(N)N)NC(=O)[C@H](CCCCN)NC(=O)[C@H](CCCN=C(N)N)NC(=O)[C@H](CCCCN)NC(=O)[C@H](CCCN=C(N)N)NC(=O)[C@@H](N)CCCCN)C(=O)NCC(=O)O. The van der Waals surface area contributed by atoms with Crippen molar-refractivity contribution in [1.29, 1.82) is 0 Å². The molecule has 0 fully saturated rings. The molecule has 30 heteroatoms. The van der Waals surface area contributed by atoms with Crippen LogP contribution in [0.15, 0.2) is 15.0 Å².